The van der Waals surface area contributed by atoms with Crippen molar-refractivity contribution in [2.75, 3.05) is 26.2 Å². The average Bonchev–Trinajstić information content (AvgIpc) is 3.03. The summed E-state index contributed by atoms with van der Waals surface area (Å²) >= 11 is 1.81. The maximum atomic E-state index is 12.8. The van der Waals surface area contributed by atoms with Crippen LogP contribution in [0.1, 0.15) is 49.1 Å². The third kappa shape index (κ3) is 3.81. The molecule has 6 heteroatoms. The lowest BCUT2D eigenvalue weighted by atomic mass is 9.93. The van der Waals surface area contributed by atoms with Crippen LogP contribution in [0.4, 0.5) is 0 Å². The van der Waals surface area contributed by atoms with E-state index in [0.29, 0.717) is 18.9 Å². The van der Waals surface area contributed by atoms with Gasteiger partial charge in [-0.05, 0) is 61.7 Å². The molecule has 1 aromatic heterocycles. The number of carbonyl (C=O) groups excluding carboxylic acids is 2. The van der Waals surface area contributed by atoms with E-state index in [9.17, 15) is 9.59 Å². The maximum absolute atomic E-state index is 12.8. The second-order valence-electron chi connectivity index (χ2n) is 6.95. The van der Waals surface area contributed by atoms with Gasteiger partial charge in [-0.3, -0.25) is 14.5 Å². The quantitative estimate of drug-likeness (QED) is 0.886. The number of fused-ring (bicyclic) bond motifs is 1. The molecule has 0 spiro atoms. The molecule has 0 aromatic carbocycles. The summed E-state index contributed by atoms with van der Waals surface area (Å²) < 4.78 is 0. The zero-order chi connectivity index (χ0) is 17.1. The van der Waals surface area contributed by atoms with Crippen LogP contribution in [0.15, 0.2) is 11.4 Å². The van der Waals surface area contributed by atoms with Gasteiger partial charge in [0.25, 0.3) is 0 Å². The van der Waals surface area contributed by atoms with Crippen molar-refractivity contribution in [1.82, 2.24) is 9.80 Å². The molecule has 2 amide bonds. The zero-order valence-corrected chi connectivity index (χ0v) is 15.2. The van der Waals surface area contributed by atoms with E-state index in [2.05, 4.69) is 28.2 Å². The van der Waals surface area contributed by atoms with Gasteiger partial charge in [0.2, 0.25) is 11.8 Å². The van der Waals surface area contributed by atoms with Gasteiger partial charge in [0.1, 0.15) is 0 Å². The van der Waals surface area contributed by atoms with E-state index < -0.39 is 0 Å². The molecule has 2 aliphatic rings. The Morgan fingerprint density at radius 2 is 2.04 bits per heavy atom. The first-order valence-electron chi connectivity index (χ1n) is 8.94. The molecule has 5 nitrogen and oxygen atoms in total. The molecule has 2 aliphatic heterocycles. The third-order valence-electron chi connectivity index (χ3n) is 5.36. The van der Waals surface area contributed by atoms with Gasteiger partial charge >= 0.3 is 0 Å². The summed E-state index contributed by atoms with van der Waals surface area (Å²) in [6, 6.07) is 2.42. The number of thiophene rings is 1. The van der Waals surface area contributed by atoms with Crippen molar-refractivity contribution in [3.8, 4) is 0 Å². The number of nitrogens with two attached hydrogens (primary N) is 1. The third-order valence-corrected chi connectivity index (χ3v) is 6.35. The minimum absolute atomic E-state index is 0.213. The number of hydrogen-bond acceptors (Lipinski definition) is 4. The fourth-order valence-electron chi connectivity index (χ4n) is 4.05. The molecule has 0 saturated carbocycles. The molecule has 0 aliphatic carbocycles. The van der Waals surface area contributed by atoms with E-state index in [4.69, 9.17) is 5.73 Å². The van der Waals surface area contributed by atoms with Crippen molar-refractivity contribution < 1.29 is 9.59 Å². The number of carbonyl (C=O) groups is 2. The minimum atomic E-state index is -0.213. The van der Waals surface area contributed by atoms with Gasteiger partial charge in [-0.1, -0.05) is 6.92 Å². The topological polar surface area (TPSA) is 66.6 Å². The van der Waals surface area contributed by atoms with Crippen LogP contribution in [0.5, 0.6) is 0 Å². The second-order valence-corrected chi connectivity index (χ2v) is 7.95. The summed E-state index contributed by atoms with van der Waals surface area (Å²) in [6.07, 6.45) is 4.35. The van der Waals surface area contributed by atoms with Crippen molar-refractivity contribution in [3.05, 3.63) is 21.9 Å². The fraction of sp³-hybridized carbons (Fsp3) is 0.667. The van der Waals surface area contributed by atoms with Gasteiger partial charge in [-0.2, -0.15) is 0 Å². The Balaban J connectivity index is 1.55. The van der Waals surface area contributed by atoms with Crippen molar-refractivity contribution in [1.29, 1.82) is 0 Å². The summed E-state index contributed by atoms with van der Waals surface area (Å²) in [7, 11) is 0. The van der Waals surface area contributed by atoms with Gasteiger partial charge in [0.05, 0.1) is 12.6 Å². The van der Waals surface area contributed by atoms with Crippen LogP contribution in [0.2, 0.25) is 0 Å². The lowest BCUT2D eigenvalue weighted by Crippen LogP contribution is -2.46. The molecule has 0 bridgehead atoms. The van der Waals surface area contributed by atoms with Gasteiger partial charge in [0, 0.05) is 17.8 Å². The Morgan fingerprint density at radius 3 is 2.71 bits per heavy atom. The van der Waals surface area contributed by atoms with Crippen molar-refractivity contribution in [2.24, 2.45) is 11.7 Å². The Hall–Kier alpha value is -1.40. The molecule has 1 unspecified atom stereocenters. The van der Waals surface area contributed by atoms with E-state index in [1.807, 2.05) is 11.3 Å². The predicted octanol–water partition coefficient (Wildman–Crippen LogP) is 2.17. The van der Waals surface area contributed by atoms with Crippen LogP contribution in [0, 0.1) is 5.92 Å². The molecular formula is C18H27N3O2S. The Morgan fingerprint density at radius 1 is 1.29 bits per heavy atom. The number of nitrogens with zero attached hydrogens (tertiary/aromatic N) is 2. The van der Waals surface area contributed by atoms with E-state index >= 15 is 0 Å². The number of likely N-dealkylation sites (tertiary alicyclic amines) is 1. The monoisotopic (exact) mass is 349 g/mol. The Kier molecular flexibility index (Phi) is 5.56. The summed E-state index contributed by atoms with van der Waals surface area (Å²) in [4.78, 5) is 29.6. The molecule has 1 fully saturated rings. The molecule has 3 rings (SSSR count). The number of primary amides is 1. The Bertz CT molecular complexity index is 593. The van der Waals surface area contributed by atoms with Crippen LogP contribution in [0.3, 0.4) is 0 Å². The van der Waals surface area contributed by atoms with Gasteiger partial charge in [-0.15, -0.1) is 11.3 Å². The average molecular weight is 350 g/mol. The van der Waals surface area contributed by atoms with Crippen LogP contribution in [0.25, 0.3) is 0 Å². The minimum Gasteiger partial charge on any atom is -0.370 e. The molecule has 0 radical (unpaired) electrons. The number of rotatable bonds is 5. The predicted molar refractivity (Wildman–Crippen MR) is 95.7 cm³/mol. The fourth-order valence-corrected chi connectivity index (χ4v) is 4.98. The summed E-state index contributed by atoms with van der Waals surface area (Å²) in [5.41, 5.74) is 6.63. The van der Waals surface area contributed by atoms with Crippen LogP contribution in [-0.4, -0.2) is 47.8 Å². The molecule has 1 atom stereocenters. The smallest absolute Gasteiger partial charge is 0.237 e. The summed E-state index contributed by atoms with van der Waals surface area (Å²) in [6.45, 7) is 5.27. The number of hydrogen-bond donors (Lipinski definition) is 1. The highest BCUT2D eigenvalue weighted by atomic mass is 32.1. The highest BCUT2D eigenvalue weighted by molar-refractivity contribution is 7.10. The van der Waals surface area contributed by atoms with E-state index in [0.717, 1.165) is 45.3 Å². The SMILES string of the molecule is CCC1c2ccsc2CCN1C(=O)CN1CCC(CC(N)=O)CC1. The van der Waals surface area contributed by atoms with Crippen LogP contribution >= 0.6 is 11.3 Å². The molecule has 1 aromatic rings. The number of amides is 2. The zero-order valence-electron chi connectivity index (χ0n) is 14.4. The van der Waals surface area contributed by atoms with Crippen molar-refractivity contribution in [3.63, 3.8) is 0 Å². The first-order valence-corrected chi connectivity index (χ1v) is 9.82. The largest absolute Gasteiger partial charge is 0.370 e. The normalized spacial score (nSPS) is 22.4. The number of piperidine rings is 1. The lowest BCUT2D eigenvalue weighted by Gasteiger charge is -2.38. The van der Waals surface area contributed by atoms with Gasteiger partial charge in [-0.25, -0.2) is 0 Å². The van der Waals surface area contributed by atoms with Gasteiger partial charge in [0.15, 0.2) is 0 Å². The molecule has 3 heterocycles. The van der Waals surface area contributed by atoms with Crippen LogP contribution in [-0.2, 0) is 16.0 Å². The van der Waals surface area contributed by atoms with Crippen molar-refractivity contribution in [2.45, 2.75) is 45.1 Å². The van der Waals surface area contributed by atoms with E-state index in [1.54, 1.807) is 0 Å². The lowest BCUT2D eigenvalue weighted by molar-refractivity contribution is -0.136. The van der Waals surface area contributed by atoms with Crippen molar-refractivity contribution >= 4 is 23.2 Å². The standard InChI is InChI=1S/C18H27N3O2S/c1-2-15-14-6-10-24-16(14)5-9-21(15)18(23)12-20-7-3-13(4-8-20)11-17(19)22/h6,10,13,15H,2-5,7-9,11-12H2,1H3,(H2,19,22). The molecule has 132 valence electrons. The van der Waals surface area contributed by atoms with Crippen LogP contribution < -0.4 is 5.73 Å². The highest BCUT2D eigenvalue weighted by Gasteiger charge is 2.31. The maximum Gasteiger partial charge on any atom is 0.237 e. The highest BCUT2D eigenvalue weighted by Crippen LogP contribution is 2.35. The first kappa shape index (κ1) is 17.4. The van der Waals surface area contributed by atoms with Gasteiger partial charge < -0.3 is 10.6 Å². The molecular weight excluding hydrogens is 322 g/mol. The molecule has 2 N–H and O–H groups in total. The summed E-state index contributed by atoms with van der Waals surface area (Å²) in [5, 5.41) is 2.14. The summed E-state index contributed by atoms with van der Waals surface area (Å²) in [5.74, 6) is 0.419. The second kappa shape index (κ2) is 7.66. The molecule has 24 heavy (non-hydrogen) atoms. The molecule has 1 saturated heterocycles. The Labute approximate surface area is 147 Å². The van der Waals surface area contributed by atoms with E-state index in [-0.39, 0.29) is 17.9 Å². The van der Waals surface area contributed by atoms with E-state index in [1.165, 1.54) is 10.4 Å². The first-order chi connectivity index (χ1) is 11.6.